The third-order valence-corrected chi connectivity index (χ3v) is 4.40. The zero-order valence-corrected chi connectivity index (χ0v) is 15.2. The summed E-state index contributed by atoms with van der Waals surface area (Å²) in [6, 6.07) is 11.8. The number of hydrogen-bond acceptors (Lipinski definition) is 4. The number of para-hydroxylation sites is 1. The van der Waals surface area contributed by atoms with Gasteiger partial charge in [0.15, 0.2) is 6.10 Å². The van der Waals surface area contributed by atoms with Crippen molar-refractivity contribution in [3.05, 3.63) is 59.7 Å². The second kappa shape index (κ2) is 7.53. The molecule has 0 bridgehead atoms. The highest BCUT2D eigenvalue weighted by Crippen LogP contribution is 2.32. The molecule has 1 amide bonds. The maximum atomic E-state index is 12.8. The van der Waals surface area contributed by atoms with Crippen molar-refractivity contribution in [2.75, 3.05) is 4.90 Å². The molecule has 28 heavy (non-hydrogen) atoms. The van der Waals surface area contributed by atoms with Gasteiger partial charge in [-0.25, -0.2) is 4.79 Å². The molecule has 148 valence electrons. The fraction of sp³-hybridized carbons (Fsp3) is 0.300. The molecule has 0 aliphatic carbocycles. The van der Waals surface area contributed by atoms with Crippen LogP contribution in [0.3, 0.4) is 0 Å². The summed E-state index contributed by atoms with van der Waals surface area (Å²) in [7, 11) is 0. The van der Waals surface area contributed by atoms with Gasteiger partial charge < -0.3 is 14.4 Å². The quantitative estimate of drug-likeness (QED) is 0.734. The van der Waals surface area contributed by atoms with Crippen LogP contribution in [-0.2, 0) is 16.0 Å². The molecule has 0 N–H and O–H groups in total. The Morgan fingerprint density at radius 1 is 1.11 bits per heavy atom. The molecule has 0 radical (unpaired) electrons. The number of benzene rings is 2. The summed E-state index contributed by atoms with van der Waals surface area (Å²) in [5.41, 5.74) is 1.85. The SMILES string of the molecule is C[C@@H]1Cc2ccccc2N1C(=O)[C@@H](C)OC(=O)c1ccc(OC(F)(F)F)cc1. The summed E-state index contributed by atoms with van der Waals surface area (Å²) in [6.07, 6.45) is -5.15. The largest absolute Gasteiger partial charge is 0.573 e. The third kappa shape index (κ3) is 4.27. The number of esters is 1. The highest BCUT2D eigenvalue weighted by atomic mass is 19.4. The molecule has 0 saturated carbocycles. The Morgan fingerprint density at radius 3 is 2.39 bits per heavy atom. The third-order valence-electron chi connectivity index (χ3n) is 4.40. The van der Waals surface area contributed by atoms with E-state index in [0.29, 0.717) is 6.42 Å². The highest BCUT2D eigenvalue weighted by Gasteiger charge is 2.35. The van der Waals surface area contributed by atoms with Crippen LogP contribution in [0.2, 0.25) is 0 Å². The number of amides is 1. The van der Waals surface area contributed by atoms with Crippen LogP contribution in [0.4, 0.5) is 18.9 Å². The van der Waals surface area contributed by atoms with Crippen molar-refractivity contribution in [3.63, 3.8) is 0 Å². The molecular formula is C20H18F3NO4. The minimum absolute atomic E-state index is 0.0176. The molecule has 1 heterocycles. The number of anilines is 1. The summed E-state index contributed by atoms with van der Waals surface area (Å²) in [6.45, 7) is 3.38. The van der Waals surface area contributed by atoms with Gasteiger partial charge in [-0.3, -0.25) is 4.79 Å². The van der Waals surface area contributed by atoms with Gasteiger partial charge in [-0.05, 0) is 56.2 Å². The second-order valence-electron chi connectivity index (χ2n) is 6.51. The van der Waals surface area contributed by atoms with Gasteiger partial charge in [-0.1, -0.05) is 18.2 Å². The molecule has 0 aromatic heterocycles. The Kier molecular flexibility index (Phi) is 5.31. The summed E-state index contributed by atoms with van der Waals surface area (Å²) in [4.78, 5) is 26.6. The maximum absolute atomic E-state index is 12.8. The lowest BCUT2D eigenvalue weighted by Gasteiger charge is -2.26. The Balaban J connectivity index is 1.66. The Labute approximate surface area is 159 Å². The minimum Gasteiger partial charge on any atom is -0.449 e. The van der Waals surface area contributed by atoms with Gasteiger partial charge in [-0.15, -0.1) is 13.2 Å². The maximum Gasteiger partial charge on any atom is 0.573 e. The van der Waals surface area contributed by atoms with Crippen LogP contribution in [-0.4, -0.2) is 30.4 Å². The van der Waals surface area contributed by atoms with E-state index >= 15 is 0 Å². The minimum atomic E-state index is -4.81. The molecule has 2 aromatic rings. The van der Waals surface area contributed by atoms with E-state index < -0.39 is 24.2 Å². The van der Waals surface area contributed by atoms with E-state index in [1.807, 2.05) is 31.2 Å². The molecule has 1 aliphatic heterocycles. The molecule has 5 nitrogen and oxygen atoms in total. The van der Waals surface area contributed by atoms with Gasteiger partial charge in [0.1, 0.15) is 5.75 Å². The zero-order chi connectivity index (χ0) is 20.5. The number of alkyl halides is 3. The van der Waals surface area contributed by atoms with Crippen LogP contribution in [0.25, 0.3) is 0 Å². The first-order chi connectivity index (χ1) is 13.2. The average molecular weight is 393 g/mol. The van der Waals surface area contributed by atoms with Crippen LogP contribution in [0.5, 0.6) is 5.75 Å². The molecule has 0 saturated heterocycles. The summed E-state index contributed by atoms with van der Waals surface area (Å²) < 4.78 is 45.5. The lowest BCUT2D eigenvalue weighted by Crippen LogP contribution is -2.43. The van der Waals surface area contributed by atoms with E-state index in [0.717, 1.165) is 35.5 Å². The van der Waals surface area contributed by atoms with Crippen molar-refractivity contribution < 1.29 is 32.2 Å². The van der Waals surface area contributed by atoms with E-state index in [1.54, 1.807) is 4.90 Å². The Bertz CT molecular complexity index is 880. The van der Waals surface area contributed by atoms with Crippen molar-refractivity contribution in [2.45, 2.75) is 38.8 Å². The molecule has 2 atom stereocenters. The normalized spacial score (nSPS) is 17.0. The predicted octanol–water partition coefficient (Wildman–Crippen LogP) is 4.11. The van der Waals surface area contributed by atoms with Crippen LogP contribution in [0.1, 0.15) is 29.8 Å². The fourth-order valence-electron chi connectivity index (χ4n) is 3.17. The molecule has 2 aromatic carbocycles. The van der Waals surface area contributed by atoms with Crippen molar-refractivity contribution in [1.82, 2.24) is 0 Å². The summed E-state index contributed by atoms with van der Waals surface area (Å²) in [5, 5.41) is 0. The number of nitrogens with zero attached hydrogens (tertiary/aromatic N) is 1. The van der Waals surface area contributed by atoms with Gasteiger partial charge in [0.05, 0.1) is 5.56 Å². The summed E-state index contributed by atoms with van der Waals surface area (Å²) >= 11 is 0. The monoisotopic (exact) mass is 393 g/mol. The van der Waals surface area contributed by atoms with Crippen molar-refractivity contribution in [2.24, 2.45) is 0 Å². The van der Waals surface area contributed by atoms with Crippen LogP contribution >= 0.6 is 0 Å². The first-order valence-electron chi connectivity index (χ1n) is 8.63. The molecular weight excluding hydrogens is 375 g/mol. The van der Waals surface area contributed by atoms with Crippen molar-refractivity contribution in [3.8, 4) is 5.75 Å². The van der Waals surface area contributed by atoms with Crippen LogP contribution in [0.15, 0.2) is 48.5 Å². The highest BCUT2D eigenvalue weighted by molar-refractivity contribution is 6.00. The van der Waals surface area contributed by atoms with E-state index in [1.165, 1.54) is 6.92 Å². The standard InChI is InChI=1S/C20H18F3NO4/c1-12-11-15-5-3-4-6-17(15)24(12)18(25)13(2)27-19(26)14-7-9-16(10-8-14)28-20(21,22)23/h3-10,12-13H,11H2,1-2H3/t12-,13-/m1/s1. The first kappa shape index (κ1) is 19.7. The molecule has 0 spiro atoms. The number of carbonyl (C=O) groups excluding carboxylic acids is 2. The smallest absolute Gasteiger partial charge is 0.449 e. The number of rotatable bonds is 4. The average Bonchev–Trinajstić information content (AvgIpc) is 2.95. The van der Waals surface area contributed by atoms with Gasteiger partial charge in [0.25, 0.3) is 5.91 Å². The second-order valence-corrected chi connectivity index (χ2v) is 6.51. The number of carbonyl (C=O) groups is 2. The number of fused-ring (bicyclic) bond motifs is 1. The molecule has 1 aliphatic rings. The number of hydrogen-bond donors (Lipinski definition) is 0. The van der Waals surface area contributed by atoms with Gasteiger partial charge >= 0.3 is 12.3 Å². The van der Waals surface area contributed by atoms with Crippen molar-refractivity contribution in [1.29, 1.82) is 0 Å². The Hall–Kier alpha value is -3.03. The lowest BCUT2D eigenvalue weighted by molar-refractivity contribution is -0.274. The molecule has 0 unspecified atom stereocenters. The van der Waals surface area contributed by atoms with E-state index in [9.17, 15) is 22.8 Å². The van der Waals surface area contributed by atoms with Crippen LogP contribution in [0, 0.1) is 0 Å². The predicted molar refractivity (Wildman–Crippen MR) is 95.1 cm³/mol. The zero-order valence-electron chi connectivity index (χ0n) is 15.2. The van der Waals surface area contributed by atoms with Gasteiger partial charge in [0, 0.05) is 11.7 Å². The lowest BCUT2D eigenvalue weighted by atomic mass is 10.1. The van der Waals surface area contributed by atoms with Crippen molar-refractivity contribution >= 4 is 17.6 Å². The van der Waals surface area contributed by atoms with Gasteiger partial charge in [-0.2, -0.15) is 0 Å². The molecule has 3 rings (SSSR count). The summed E-state index contributed by atoms with van der Waals surface area (Å²) in [5.74, 6) is -1.61. The fourth-order valence-corrected chi connectivity index (χ4v) is 3.17. The molecule has 8 heteroatoms. The topological polar surface area (TPSA) is 55.8 Å². The van der Waals surface area contributed by atoms with E-state index in [4.69, 9.17) is 4.74 Å². The Morgan fingerprint density at radius 2 is 1.75 bits per heavy atom. The number of ether oxygens (including phenoxy) is 2. The van der Waals surface area contributed by atoms with E-state index in [2.05, 4.69) is 4.74 Å². The van der Waals surface area contributed by atoms with Crippen LogP contribution < -0.4 is 9.64 Å². The van der Waals surface area contributed by atoms with Gasteiger partial charge in [0.2, 0.25) is 0 Å². The number of halogens is 3. The molecule has 0 fully saturated rings. The first-order valence-corrected chi connectivity index (χ1v) is 8.63. The van der Waals surface area contributed by atoms with E-state index in [-0.39, 0.29) is 17.5 Å².